The van der Waals surface area contributed by atoms with E-state index in [4.69, 9.17) is 4.42 Å². The Morgan fingerprint density at radius 3 is 2.77 bits per heavy atom. The number of furan rings is 1. The number of rotatable bonds is 4. The highest BCUT2D eigenvalue weighted by Crippen LogP contribution is 2.43. The van der Waals surface area contributed by atoms with E-state index in [-0.39, 0.29) is 5.09 Å². The van der Waals surface area contributed by atoms with Crippen molar-refractivity contribution in [1.29, 1.82) is 0 Å². The van der Waals surface area contributed by atoms with Gasteiger partial charge in [-0.05, 0) is 75.1 Å². The predicted molar refractivity (Wildman–Crippen MR) is 118 cm³/mol. The van der Waals surface area contributed by atoms with Crippen molar-refractivity contribution in [3.8, 4) is 0 Å². The second-order valence-electron chi connectivity index (χ2n) is 8.61. The summed E-state index contributed by atoms with van der Waals surface area (Å²) in [6.07, 6.45) is 6.84. The molecule has 2 amide bonds. The monoisotopic (exact) mass is 428 g/mol. The third-order valence-corrected chi connectivity index (χ3v) is 7.06. The van der Waals surface area contributed by atoms with Crippen LogP contribution < -0.4 is 5.32 Å². The Kier molecular flexibility index (Phi) is 5.36. The molecule has 6 nitrogen and oxygen atoms in total. The molecular weight excluding hydrogens is 400 g/mol. The van der Waals surface area contributed by atoms with Gasteiger partial charge in [0.1, 0.15) is 16.4 Å². The van der Waals surface area contributed by atoms with Crippen molar-refractivity contribution in [2.24, 2.45) is 4.36 Å². The average Bonchev–Trinajstić information content (AvgIpc) is 3.38. The standard InChI is InChI=1S/C23H28N2O4S/c1-5-14-9-10-17-18(14)11-15-7-6-8-16(15)21(17)24-22(26)25-30(28)20-12-19(13(2)29-20)23(3,4)27/h5,11-12,14,27,30H,1,6-10H2,2-4H3,(H,24,26)/t14-/m0/s1. The number of carbonyl (C=O) groups is 1. The van der Waals surface area contributed by atoms with E-state index in [1.807, 2.05) is 6.08 Å². The number of thiol groups is 1. The molecule has 1 aromatic carbocycles. The van der Waals surface area contributed by atoms with Gasteiger partial charge in [0, 0.05) is 23.2 Å². The zero-order chi connectivity index (χ0) is 21.6. The average molecular weight is 429 g/mol. The normalized spacial score (nSPS) is 18.9. The van der Waals surface area contributed by atoms with Gasteiger partial charge in [-0.15, -0.1) is 10.9 Å². The smallest absolute Gasteiger partial charge is 0.353 e. The van der Waals surface area contributed by atoms with Crippen LogP contribution in [0, 0.1) is 6.92 Å². The lowest BCUT2D eigenvalue weighted by molar-refractivity contribution is 0.0769. The largest absolute Gasteiger partial charge is 0.452 e. The molecule has 160 valence electrons. The molecular formula is C23H28N2O4S. The second kappa shape index (κ2) is 7.71. The number of hydrogen-bond acceptors (Lipinski definition) is 4. The number of fused-ring (bicyclic) bond motifs is 2. The number of amides is 2. The SMILES string of the molecule is C=C[C@H]1CCc2c1cc1c(c2NC(=O)N=[SH](=O)c2cc(C(C)(C)O)c(C)o2)CCC1. The van der Waals surface area contributed by atoms with Crippen LogP contribution in [0.25, 0.3) is 0 Å². The van der Waals surface area contributed by atoms with Gasteiger partial charge in [0.2, 0.25) is 0 Å². The molecule has 2 aromatic rings. The van der Waals surface area contributed by atoms with Crippen molar-refractivity contribution in [3.63, 3.8) is 0 Å². The molecule has 4 rings (SSSR count). The molecule has 1 unspecified atom stereocenters. The van der Waals surface area contributed by atoms with Crippen molar-refractivity contribution >= 4 is 22.3 Å². The number of anilines is 1. The lowest BCUT2D eigenvalue weighted by Crippen LogP contribution is -2.15. The van der Waals surface area contributed by atoms with Gasteiger partial charge in [0.25, 0.3) is 0 Å². The van der Waals surface area contributed by atoms with Crippen LogP contribution in [-0.2, 0) is 35.5 Å². The van der Waals surface area contributed by atoms with E-state index >= 15 is 0 Å². The first-order valence-corrected chi connectivity index (χ1v) is 11.5. The fourth-order valence-electron chi connectivity index (χ4n) is 4.70. The summed E-state index contributed by atoms with van der Waals surface area (Å²) < 4.78 is 22.0. The Morgan fingerprint density at radius 1 is 1.33 bits per heavy atom. The van der Waals surface area contributed by atoms with E-state index in [1.165, 1.54) is 22.8 Å². The molecule has 2 aliphatic carbocycles. The lowest BCUT2D eigenvalue weighted by Gasteiger charge is -2.16. The Morgan fingerprint density at radius 2 is 2.10 bits per heavy atom. The van der Waals surface area contributed by atoms with Gasteiger partial charge < -0.3 is 14.8 Å². The molecule has 2 aliphatic rings. The molecule has 0 bridgehead atoms. The number of nitrogens with zero attached hydrogens (tertiary/aromatic N) is 1. The number of nitrogens with one attached hydrogen (secondary N) is 1. The molecule has 0 saturated carbocycles. The molecule has 0 radical (unpaired) electrons. The molecule has 0 saturated heterocycles. The molecule has 0 spiro atoms. The Balaban J connectivity index is 1.64. The second-order valence-corrected chi connectivity index (χ2v) is 9.79. The van der Waals surface area contributed by atoms with Crippen LogP contribution in [0.5, 0.6) is 0 Å². The van der Waals surface area contributed by atoms with Gasteiger partial charge in [-0.2, -0.15) is 0 Å². The third kappa shape index (κ3) is 3.72. The highest BCUT2D eigenvalue weighted by Gasteiger charge is 2.29. The van der Waals surface area contributed by atoms with E-state index in [0.29, 0.717) is 17.2 Å². The predicted octanol–water partition coefficient (Wildman–Crippen LogP) is 4.78. The van der Waals surface area contributed by atoms with Crippen LogP contribution in [0.3, 0.4) is 0 Å². The summed E-state index contributed by atoms with van der Waals surface area (Å²) in [7, 11) is -2.41. The number of carbonyl (C=O) groups excluding carboxylic acids is 1. The number of allylic oxidation sites excluding steroid dienone is 1. The van der Waals surface area contributed by atoms with Gasteiger partial charge >= 0.3 is 6.03 Å². The van der Waals surface area contributed by atoms with Crippen LogP contribution in [0.2, 0.25) is 0 Å². The fourth-order valence-corrected chi connectivity index (χ4v) is 5.46. The molecule has 1 aromatic heterocycles. The van der Waals surface area contributed by atoms with Crippen LogP contribution in [0.4, 0.5) is 10.5 Å². The Hall–Kier alpha value is -2.38. The van der Waals surface area contributed by atoms with Crippen molar-refractivity contribution in [1.82, 2.24) is 0 Å². The fraction of sp³-hybridized carbons (Fsp3) is 0.435. The maximum atomic E-state index is 12.7. The topological polar surface area (TPSA) is 91.9 Å². The van der Waals surface area contributed by atoms with Gasteiger partial charge in [-0.3, -0.25) is 0 Å². The van der Waals surface area contributed by atoms with E-state index < -0.39 is 22.2 Å². The van der Waals surface area contributed by atoms with E-state index in [2.05, 4.69) is 22.3 Å². The Labute approximate surface area is 178 Å². The van der Waals surface area contributed by atoms with Crippen molar-refractivity contribution in [2.75, 3.05) is 5.32 Å². The summed E-state index contributed by atoms with van der Waals surface area (Å²) in [4.78, 5) is 12.7. The lowest BCUT2D eigenvalue weighted by atomic mass is 9.95. The first-order chi connectivity index (χ1) is 14.2. The van der Waals surface area contributed by atoms with Gasteiger partial charge in [0.15, 0.2) is 5.09 Å². The highest BCUT2D eigenvalue weighted by atomic mass is 32.2. The van der Waals surface area contributed by atoms with Crippen molar-refractivity contribution in [3.05, 3.63) is 58.4 Å². The summed E-state index contributed by atoms with van der Waals surface area (Å²) in [5.41, 5.74) is 5.09. The Bertz CT molecular complexity index is 1120. The minimum atomic E-state index is -2.41. The summed E-state index contributed by atoms with van der Waals surface area (Å²) >= 11 is 0. The summed E-state index contributed by atoms with van der Waals surface area (Å²) in [6.45, 7) is 8.89. The van der Waals surface area contributed by atoms with Crippen molar-refractivity contribution < 1.29 is 18.5 Å². The molecule has 0 aliphatic heterocycles. The third-order valence-electron chi connectivity index (χ3n) is 6.10. The molecule has 1 heterocycles. The number of benzene rings is 1. The summed E-state index contributed by atoms with van der Waals surface area (Å²) in [5.74, 6) is 0.770. The van der Waals surface area contributed by atoms with Gasteiger partial charge in [-0.25, -0.2) is 9.00 Å². The first kappa shape index (κ1) is 20.9. The quantitative estimate of drug-likeness (QED) is 0.483. The van der Waals surface area contributed by atoms with Crippen LogP contribution >= 0.6 is 0 Å². The van der Waals surface area contributed by atoms with Crippen molar-refractivity contribution in [2.45, 2.75) is 69.5 Å². The van der Waals surface area contributed by atoms with Crippen LogP contribution in [0.1, 0.15) is 66.2 Å². The van der Waals surface area contributed by atoms with E-state index in [0.717, 1.165) is 43.4 Å². The first-order valence-electron chi connectivity index (χ1n) is 10.3. The number of aliphatic hydroxyl groups is 1. The maximum Gasteiger partial charge on any atom is 0.353 e. The highest BCUT2D eigenvalue weighted by molar-refractivity contribution is 7.75. The van der Waals surface area contributed by atoms with E-state index in [9.17, 15) is 14.1 Å². The molecule has 2 N–H and O–H groups in total. The van der Waals surface area contributed by atoms with Gasteiger partial charge in [0.05, 0.1) is 5.60 Å². The minimum Gasteiger partial charge on any atom is -0.452 e. The summed E-state index contributed by atoms with van der Waals surface area (Å²) in [6, 6.07) is 3.14. The summed E-state index contributed by atoms with van der Waals surface area (Å²) in [5, 5.41) is 13.2. The van der Waals surface area contributed by atoms with Crippen LogP contribution in [-0.4, -0.2) is 15.3 Å². The number of aryl methyl sites for hydroxylation is 2. The zero-order valence-corrected chi connectivity index (χ0v) is 18.5. The number of urea groups is 1. The minimum absolute atomic E-state index is 0.0880. The van der Waals surface area contributed by atoms with Crippen LogP contribution in [0.15, 0.2) is 38.7 Å². The maximum absolute atomic E-state index is 12.7. The zero-order valence-electron chi connectivity index (χ0n) is 17.6. The molecule has 7 heteroatoms. The molecule has 0 fully saturated rings. The number of hydrogen-bond donors (Lipinski definition) is 3. The molecule has 2 atom stereocenters. The van der Waals surface area contributed by atoms with E-state index in [1.54, 1.807) is 20.8 Å². The van der Waals surface area contributed by atoms with Gasteiger partial charge in [-0.1, -0.05) is 12.1 Å². The molecule has 30 heavy (non-hydrogen) atoms.